The first-order chi connectivity index (χ1) is 7.09. The molecule has 0 N–H and O–H groups in total. The van der Waals surface area contributed by atoms with E-state index in [1.807, 2.05) is 0 Å². The number of hydrogen-bond donors (Lipinski definition) is 0. The van der Waals surface area contributed by atoms with E-state index in [4.69, 9.17) is 0 Å². The molecule has 0 aromatic heterocycles. The molecule has 0 heterocycles. The molecule has 0 radical (unpaired) electrons. The van der Waals surface area contributed by atoms with Gasteiger partial charge in [0.1, 0.15) is 0 Å². The van der Waals surface area contributed by atoms with Gasteiger partial charge in [0.2, 0.25) is 0 Å². The lowest BCUT2D eigenvalue weighted by atomic mass is 9.95. The van der Waals surface area contributed by atoms with Crippen LogP contribution in [0.15, 0.2) is 30.3 Å². The molecule has 2 aromatic carbocycles. The third-order valence-corrected chi connectivity index (χ3v) is 3.25. The van der Waals surface area contributed by atoms with Crippen molar-refractivity contribution in [3.63, 3.8) is 0 Å². The van der Waals surface area contributed by atoms with E-state index in [1.54, 1.807) is 0 Å². The Labute approximate surface area is 91.9 Å². The van der Waals surface area contributed by atoms with Crippen molar-refractivity contribution in [1.82, 2.24) is 0 Å². The van der Waals surface area contributed by atoms with Crippen LogP contribution in [0.4, 0.5) is 0 Å². The quantitative estimate of drug-likeness (QED) is 0.629. The van der Waals surface area contributed by atoms with Gasteiger partial charge in [-0.3, -0.25) is 0 Å². The lowest BCUT2D eigenvalue weighted by Gasteiger charge is -2.10. The summed E-state index contributed by atoms with van der Waals surface area (Å²) in [6.07, 6.45) is 0. The van der Waals surface area contributed by atoms with Crippen LogP contribution in [-0.2, 0) is 0 Å². The van der Waals surface area contributed by atoms with Gasteiger partial charge >= 0.3 is 0 Å². The molecule has 2 rings (SSSR count). The molecule has 0 amide bonds. The predicted octanol–water partition coefficient (Wildman–Crippen LogP) is 4.58. The van der Waals surface area contributed by atoms with Gasteiger partial charge in [0, 0.05) is 0 Å². The first-order valence-corrected chi connectivity index (χ1v) is 5.59. The summed E-state index contributed by atoms with van der Waals surface area (Å²) in [7, 11) is 0. The van der Waals surface area contributed by atoms with E-state index in [1.165, 1.54) is 27.5 Å². The Morgan fingerprint density at radius 2 is 1.67 bits per heavy atom. The van der Waals surface area contributed by atoms with Crippen molar-refractivity contribution in [2.75, 3.05) is 0 Å². The highest BCUT2D eigenvalue weighted by Gasteiger charge is 2.03. The molecular formula is C15H18. The van der Waals surface area contributed by atoms with E-state index in [2.05, 4.69) is 58.0 Å². The van der Waals surface area contributed by atoms with Crippen LogP contribution >= 0.6 is 0 Å². The van der Waals surface area contributed by atoms with Crippen LogP contribution in [0.3, 0.4) is 0 Å². The molecule has 0 bridgehead atoms. The zero-order chi connectivity index (χ0) is 11.0. The summed E-state index contributed by atoms with van der Waals surface area (Å²) in [5.41, 5.74) is 4.20. The van der Waals surface area contributed by atoms with Crippen molar-refractivity contribution in [1.29, 1.82) is 0 Å². The molecule has 0 fully saturated rings. The van der Waals surface area contributed by atoms with E-state index in [0.29, 0.717) is 5.92 Å². The minimum atomic E-state index is 0.607. The maximum Gasteiger partial charge on any atom is -0.0152 e. The van der Waals surface area contributed by atoms with E-state index in [9.17, 15) is 0 Å². The van der Waals surface area contributed by atoms with Gasteiger partial charge < -0.3 is 0 Å². The first-order valence-electron chi connectivity index (χ1n) is 5.59. The van der Waals surface area contributed by atoms with Crippen molar-refractivity contribution in [3.8, 4) is 0 Å². The van der Waals surface area contributed by atoms with E-state index in [0.717, 1.165) is 0 Å². The maximum absolute atomic E-state index is 2.31. The molecular weight excluding hydrogens is 180 g/mol. The van der Waals surface area contributed by atoms with Crippen molar-refractivity contribution < 1.29 is 0 Å². The second-order valence-electron chi connectivity index (χ2n) is 4.64. The Morgan fingerprint density at radius 1 is 0.933 bits per heavy atom. The number of fused-ring (bicyclic) bond motifs is 1. The fourth-order valence-corrected chi connectivity index (χ4v) is 1.97. The zero-order valence-electron chi connectivity index (χ0n) is 9.96. The van der Waals surface area contributed by atoms with Crippen LogP contribution in [0.2, 0.25) is 0 Å². The van der Waals surface area contributed by atoms with Gasteiger partial charge in [-0.05, 0) is 47.2 Å². The summed E-state index contributed by atoms with van der Waals surface area (Å²) in [6.45, 7) is 8.85. The maximum atomic E-state index is 2.31. The van der Waals surface area contributed by atoms with E-state index in [-0.39, 0.29) is 0 Å². The third kappa shape index (κ3) is 1.77. The number of rotatable bonds is 1. The summed E-state index contributed by atoms with van der Waals surface area (Å²) in [5.74, 6) is 0.607. The Hall–Kier alpha value is -1.30. The largest absolute Gasteiger partial charge is 0.0587 e. The monoisotopic (exact) mass is 198 g/mol. The van der Waals surface area contributed by atoms with E-state index < -0.39 is 0 Å². The molecule has 0 nitrogen and oxygen atoms in total. The second-order valence-corrected chi connectivity index (χ2v) is 4.64. The average molecular weight is 198 g/mol. The molecule has 0 unspecified atom stereocenters. The van der Waals surface area contributed by atoms with Gasteiger partial charge in [-0.2, -0.15) is 0 Å². The fourth-order valence-electron chi connectivity index (χ4n) is 1.97. The van der Waals surface area contributed by atoms with Crippen LogP contribution in [0, 0.1) is 13.8 Å². The number of aryl methyl sites for hydroxylation is 2. The molecule has 78 valence electrons. The zero-order valence-corrected chi connectivity index (χ0v) is 9.96. The van der Waals surface area contributed by atoms with Gasteiger partial charge in [-0.15, -0.1) is 0 Å². The summed E-state index contributed by atoms with van der Waals surface area (Å²) >= 11 is 0. The first kappa shape index (κ1) is 10.2. The molecule has 0 aliphatic heterocycles. The third-order valence-electron chi connectivity index (χ3n) is 3.25. The molecule has 0 heteroatoms. The van der Waals surface area contributed by atoms with Crippen LogP contribution in [0.5, 0.6) is 0 Å². The number of hydrogen-bond acceptors (Lipinski definition) is 0. The van der Waals surface area contributed by atoms with Crippen LogP contribution in [0.1, 0.15) is 36.5 Å². The van der Waals surface area contributed by atoms with E-state index >= 15 is 0 Å². The Balaban J connectivity index is 2.70. The normalized spacial score (nSPS) is 11.3. The van der Waals surface area contributed by atoms with Crippen molar-refractivity contribution in [2.45, 2.75) is 33.6 Å². The van der Waals surface area contributed by atoms with Gasteiger partial charge in [-0.1, -0.05) is 44.2 Å². The topological polar surface area (TPSA) is 0 Å². The van der Waals surface area contributed by atoms with Gasteiger partial charge in [0.25, 0.3) is 0 Å². The molecule has 0 spiro atoms. The lowest BCUT2D eigenvalue weighted by molar-refractivity contribution is 0.869. The Kier molecular flexibility index (Phi) is 2.52. The molecule has 0 saturated heterocycles. The van der Waals surface area contributed by atoms with Crippen molar-refractivity contribution in [3.05, 3.63) is 47.0 Å². The molecule has 2 aromatic rings. The van der Waals surface area contributed by atoms with Crippen molar-refractivity contribution >= 4 is 10.8 Å². The highest BCUT2D eigenvalue weighted by atomic mass is 14.1. The minimum Gasteiger partial charge on any atom is -0.0587 e. The SMILES string of the molecule is Cc1ccc2cc(C(C)C)ccc2c1C. The summed E-state index contributed by atoms with van der Waals surface area (Å²) < 4.78 is 0. The Morgan fingerprint density at radius 3 is 2.33 bits per heavy atom. The predicted molar refractivity (Wildman–Crippen MR) is 67.5 cm³/mol. The summed E-state index contributed by atoms with van der Waals surface area (Å²) in [6, 6.07) is 11.3. The van der Waals surface area contributed by atoms with Crippen molar-refractivity contribution in [2.24, 2.45) is 0 Å². The fraction of sp³-hybridized carbons (Fsp3) is 0.333. The smallest absolute Gasteiger partial charge is 0.0152 e. The Bertz CT molecular complexity index is 493. The van der Waals surface area contributed by atoms with Gasteiger partial charge in [0.05, 0.1) is 0 Å². The van der Waals surface area contributed by atoms with Crippen LogP contribution in [0.25, 0.3) is 10.8 Å². The standard InChI is InChI=1S/C15H18/c1-10(2)13-7-8-15-12(4)11(3)5-6-14(15)9-13/h5-10H,1-4H3. The van der Waals surface area contributed by atoms with Gasteiger partial charge in [-0.25, -0.2) is 0 Å². The van der Waals surface area contributed by atoms with Crippen LogP contribution in [-0.4, -0.2) is 0 Å². The molecule has 0 aliphatic rings. The molecule has 15 heavy (non-hydrogen) atoms. The second kappa shape index (κ2) is 3.69. The van der Waals surface area contributed by atoms with Gasteiger partial charge in [0.15, 0.2) is 0 Å². The summed E-state index contributed by atoms with van der Waals surface area (Å²) in [5, 5.41) is 2.75. The highest BCUT2D eigenvalue weighted by Crippen LogP contribution is 2.25. The molecule has 0 aliphatic carbocycles. The molecule has 0 atom stereocenters. The minimum absolute atomic E-state index is 0.607. The summed E-state index contributed by atoms with van der Waals surface area (Å²) in [4.78, 5) is 0. The van der Waals surface area contributed by atoms with Crippen LogP contribution < -0.4 is 0 Å². The highest BCUT2D eigenvalue weighted by molar-refractivity contribution is 5.87. The molecule has 0 saturated carbocycles. The lowest BCUT2D eigenvalue weighted by Crippen LogP contribution is -1.89. The average Bonchev–Trinajstić information content (AvgIpc) is 2.23. The number of benzene rings is 2.